The van der Waals surface area contributed by atoms with Crippen molar-refractivity contribution in [3.8, 4) is 0 Å². The van der Waals surface area contributed by atoms with Crippen LogP contribution in [0.4, 0.5) is 0 Å². The SMILES string of the molecule is CCCCC1CCC(C(=O)N(CC(N)=O)CC(=O)O)CC1. The van der Waals surface area contributed by atoms with Gasteiger partial charge in [0.1, 0.15) is 6.54 Å². The summed E-state index contributed by atoms with van der Waals surface area (Å²) in [4.78, 5) is 35.2. The van der Waals surface area contributed by atoms with Crippen LogP contribution in [0.5, 0.6) is 0 Å². The number of nitrogens with two attached hydrogens (primary N) is 1. The van der Waals surface area contributed by atoms with E-state index < -0.39 is 18.4 Å². The van der Waals surface area contributed by atoms with E-state index in [0.29, 0.717) is 5.92 Å². The average molecular weight is 298 g/mol. The summed E-state index contributed by atoms with van der Waals surface area (Å²) >= 11 is 0. The van der Waals surface area contributed by atoms with E-state index in [1.807, 2.05) is 0 Å². The molecule has 6 nitrogen and oxygen atoms in total. The normalized spacial score (nSPS) is 21.8. The van der Waals surface area contributed by atoms with E-state index in [0.717, 1.165) is 30.6 Å². The molecule has 1 rings (SSSR count). The molecule has 1 aliphatic carbocycles. The van der Waals surface area contributed by atoms with Crippen molar-refractivity contribution in [2.24, 2.45) is 17.6 Å². The maximum Gasteiger partial charge on any atom is 0.323 e. The number of amides is 2. The molecular weight excluding hydrogens is 272 g/mol. The fourth-order valence-electron chi connectivity index (χ4n) is 3.01. The number of hydrogen-bond acceptors (Lipinski definition) is 3. The first-order valence-electron chi connectivity index (χ1n) is 7.72. The van der Waals surface area contributed by atoms with E-state index in [2.05, 4.69) is 6.92 Å². The summed E-state index contributed by atoms with van der Waals surface area (Å²) in [6.07, 6.45) is 7.18. The first-order valence-corrected chi connectivity index (χ1v) is 7.72. The fourth-order valence-corrected chi connectivity index (χ4v) is 3.01. The number of carbonyl (C=O) groups excluding carboxylic acids is 2. The summed E-state index contributed by atoms with van der Waals surface area (Å²) in [5.41, 5.74) is 5.09. The van der Waals surface area contributed by atoms with E-state index in [1.165, 1.54) is 19.3 Å². The number of primary amides is 1. The molecule has 0 saturated heterocycles. The number of rotatable bonds is 8. The van der Waals surface area contributed by atoms with Crippen molar-refractivity contribution >= 4 is 17.8 Å². The second kappa shape index (κ2) is 8.64. The lowest BCUT2D eigenvalue weighted by Crippen LogP contribution is -2.45. The van der Waals surface area contributed by atoms with Gasteiger partial charge in [0.15, 0.2) is 0 Å². The van der Waals surface area contributed by atoms with Gasteiger partial charge in [-0.15, -0.1) is 0 Å². The van der Waals surface area contributed by atoms with Crippen molar-refractivity contribution < 1.29 is 19.5 Å². The van der Waals surface area contributed by atoms with Crippen LogP contribution in [0.2, 0.25) is 0 Å². The summed E-state index contributed by atoms with van der Waals surface area (Å²) in [5.74, 6) is -1.53. The number of hydrogen-bond donors (Lipinski definition) is 2. The van der Waals surface area contributed by atoms with Gasteiger partial charge in [-0.1, -0.05) is 26.2 Å². The van der Waals surface area contributed by atoms with E-state index in [-0.39, 0.29) is 18.4 Å². The Bertz CT molecular complexity index is 360. The largest absolute Gasteiger partial charge is 0.480 e. The first kappa shape index (κ1) is 17.5. The van der Waals surface area contributed by atoms with Gasteiger partial charge < -0.3 is 15.7 Å². The van der Waals surface area contributed by atoms with Crippen LogP contribution in [0.1, 0.15) is 51.9 Å². The van der Waals surface area contributed by atoms with Gasteiger partial charge >= 0.3 is 5.97 Å². The number of nitrogens with zero attached hydrogens (tertiary/aromatic N) is 1. The Kier molecular flexibility index (Phi) is 7.19. The highest BCUT2D eigenvalue weighted by Gasteiger charge is 2.30. The third kappa shape index (κ3) is 6.14. The molecule has 0 unspecified atom stereocenters. The fraction of sp³-hybridized carbons (Fsp3) is 0.800. The van der Waals surface area contributed by atoms with E-state index in [1.54, 1.807) is 0 Å². The Morgan fingerprint density at radius 1 is 1.14 bits per heavy atom. The molecule has 6 heteroatoms. The smallest absolute Gasteiger partial charge is 0.323 e. The van der Waals surface area contributed by atoms with Crippen molar-refractivity contribution in [3.05, 3.63) is 0 Å². The van der Waals surface area contributed by atoms with Gasteiger partial charge in [0.05, 0.1) is 6.54 Å². The molecule has 0 atom stereocenters. The summed E-state index contributed by atoms with van der Waals surface area (Å²) in [6, 6.07) is 0. The molecule has 0 radical (unpaired) electrons. The van der Waals surface area contributed by atoms with Crippen LogP contribution in [0.3, 0.4) is 0 Å². The molecule has 1 fully saturated rings. The molecule has 2 amide bonds. The average Bonchev–Trinajstić information content (AvgIpc) is 2.43. The quantitative estimate of drug-likeness (QED) is 0.707. The van der Waals surface area contributed by atoms with Crippen molar-refractivity contribution in [3.63, 3.8) is 0 Å². The topological polar surface area (TPSA) is 101 Å². The van der Waals surface area contributed by atoms with Crippen LogP contribution < -0.4 is 5.73 Å². The van der Waals surface area contributed by atoms with Crippen molar-refractivity contribution in [1.82, 2.24) is 4.90 Å². The Hall–Kier alpha value is -1.59. The highest BCUT2D eigenvalue weighted by molar-refractivity contribution is 5.87. The van der Waals surface area contributed by atoms with Gasteiger partial charge in [-0.3, -0.25) is 14.4 Å². The number of unbranched alkanes of at least 4 members (excludes halogenated alkanes) is 1. The first-order chi connectivity index (χ1) is 9.93. The molecule has 3 N–H and O–H groups in total. The zero-order chi connectivity index (χ0) is 15.8. The molecule has 0 aliphatic heterocycles. The Morgan fingerprint density at radius 3 is 2.24 bits per heavy atom. The predicted molar refractivity (Wildman–Crippen MR) is 78.4 cm³/mol. The van der Waals surface area contributed by atoms with Crippen molar-refractivity contribution in [2.45, 2.75) is 51.9 Å². The lowest BCUT2D eigenvalue weighted by molar-refractivity contribution is -0.148. The highest BCUT2D eigenvalue weighted by atomic mass is 16.4. The molecule has 0 spiro atoms. The van der Waals surface area contributed by atoms with Gasteiger partial charge in [0.2, 0.25) is 11.8 Å². The highest BCUT2D eigenvalue weighted by Crippen LogP contribution is 2.32. The second-order valence-electron chi connectivity index (χ2n) is 5.91. The molecule has 0 aromatic rings. The minimum Gasteiger partial charge on any atom is -0.480 e. The van der Waals surface area contributed by atoms with Crippen LogP contribution in [0.25, 0.3) is 0 Å². The van der Waals surface area contributed by atoms with Crippen molar-refractivity contribution in [2.75, 3.05) is 13.1 Å². The summed E-state index contributed by atoms with van der Waals surface area (Å²) in [6.45, 7) is 1.39. The Balaban J connectivity index is 2.52. The molecule has 0 bridgehead atoms. The molecule has 0 aromatic heterocycles. The van der Waals surface area contributed by atoms with Crippen LogP contribution in [0, 0.1) is 11.8 Å². The number of carboxylic acid groups (broad SMARTS) is 1. The summed E-state index contributed by atoms with van der Waals surface area (Å²) < 4.78 is 0. The maximum atomic E-state index is 12.3. The third-order valence-corrected chi connectivity index (χ3v) is 4.15. The van der Waals surface area contributed by atoms with Crippen LogP contribution in [0.15, 0.2) is 0 Å². The number of aliphatic carboxylic acids is 1. The molecule has 0 aromatic carbocycles. The maximum absolute atomic E-state index is 12.3. The number of carbonyl (C=O) groups is 3. The lowest BCUT2D eigenvalue weighted by atomic mass is 9.79. The molecular formula is C15H26N2O4. The molecule has 1 saturated carbocycles. The minimum atomic E-state index is -1.12. The summed E-state index contributed by atoms with van der Waals surface area (Å²) in [7, 11) is 0. The monoisotopic (exact) mass is 298 g/mol. The van der Waals surface area contributed by atoms with Gasteiger partial charge in [-0.2, -0.15) is 0 Å². The standard InChI is InChI=1S/C15H26N2O4/c1-2-3-4-11-5-7-12(8-6-11)15(21)17(9-13(16)18)10-14(19)20/h11-12H,2-10H2,1H3,(H2,16,18)(H,19,20). The molecule has 120 valence electrons. The molecule has 1 aliphatic rings. The van der Waals surface area contributed by atoms with Crippen molar-refractivity contribution in [1.29, 1.82) is 0 Å². The lowest BCUT2D eigenvalue weighted by Gasteiger charge is -2.31. The Morgan fingerprint density at radius 2 is 1.76 bits per heavy atom. The van der Waals surface area contributed by atoms with E-state index in [4.69, 9.17) is 10.8 Å². The zero-order valence-electron chi connectivity index (χ0n) is 12.7. The minimum absolute atomic E-state index is 0.165. The van der Waals surface area contributed by atoms with Gasteiger partial charge in [0.25, 0.3) is 0 Å². The van der Waals surface area contributed by atoms with Gasteiger partial charge in [-0.25, -0.2) is 0 Å². The van der Waals surface area contributed by atoms with Crippen LogP contribution >= 0.6 is 0 Å². The molecule has 21 heavy (non-hydrogen) atoms. The second-order valence-corrected chi connectivity index (χ2v) is 5.91. The zero-order valence-corrected chi connectivity index (χ0v) is 12.7. The van der Waals surface area contributed by atoms with Gasteiger partial charge in [-0.05, 0) is 31.6 Å². The number of carboxylic acids is 1. The van der Waals surface area contributed by atoms with Crippen LogP contribution in [-0.2, 0) is 14.4 Å². The van der Waals surface area contributed by atoms with Crippen LogP contribution in [-0.4, -0.2) is 40.9 Å². The van der Waals surface area contributed by atoms with Gasteiger partial charge in [0, 0.05) is 5.92 Å². The van der Waals surface area contributed by atoms with E-state index >= 15 is 0 Å². The molecule has 0 heterocycles. The predicted octanol–water partition coefficient (Wildman–Crippen LogP) is 1.38. The Labute approximate surface area is 125 Å². The van der Waals surface area contributed by atoms with E-state index in [9.17, 15) is 14.4 Å². The third-order valence-electron chi connectivity index (χ3n) is 4.15. The summed E-state index contributed by atoms with van der Waals surface area (Å²) in [5, 5.41) is 8.84.